The summed E-state index contributed by atoms with van der Waals surface area (Å²) in [6, 6.07) is 5.85. The Morgan fingerprint density at radius 2 is 2.00 bits per heavy atom. The zero-order chi connectivity index (χ0) is 10.6. The molecule has 14 heavy (non-hydrogen) atoms. The summed E-state index contributed by atoms with van der Waals surface area (Å²) in [4.78, 5) is 0. The maximum Gasteiger partial charge on any atom is 0.219 e. The third-order valence-electron chi connectivity index (χ3n) is 2.09. The van der Waals surface area contributed by atoms with Gasteiger partial charge in [-0.1, -0.05) is 6.07 Å². The lowest BCUT2D eigenvalue weighted by atomic mass is 10.1. The zero-order valence-electron chi connectivity index (χ0n) is 8.76. The molecule has 0 aliphatic heterocycles. The topological polar surface area (TPSA) is 42.3 Å². The molecule has 0 aliphatic carbocycles. The van der Waals surface area contributed by atoms with E-state index in [1.54, 1.807) is 0 Å². The molecule has 0 unspecified atom stereocenters. The lowest BCUT2D eigenvalue weighted by Gasteiger charge is -2.08. The highest BCUT2D eigenvalue weighted by atomic mass is 16.5. The van der Waals surface area contributed by atoms with Gasteiger partial charge in [0.1, 0.15) is 5.75 Å². The molecular weight excluding hydrogens is 178 g/mol. The number of rotatable bonds is 3. The molecule has 0 radical (unpaired) electrons. The molecule has 0 heterocycles. The van der Waals surface area contributed by atoms with Gasteiger partial charge in [0, 0.05) is 0 Å². The van der Waals surface area contributed by atoms with Gasteiger partial charge < -0.3 is 9.47 Å². The van der Waals surface area contributed by atoms with Crippen LogP contribution in [0.4, 0.5) is 0 Å². The van der Waals surface area contributed by atoms with Crippen LogP contribution >= 0.6 is 0 Å². The molecule has 0 aromatic heterocycles. The molecule has 1 N–H and O–H groups in total. The minimum Gasteiger partial charge on any atom is -0.484 e. The van der Waals surface area contributed by atoms with Gasteiger partial charge in [-0.25, -0.2) is 0 Å². The fourth-order valence-electron chi connectivity index (χ4n) is 1.01. The van der Waals surface area contributed by atoms with E-state index < -0.39 is 0 Å². The minimum atomic E-state index is 0.128. The van der Waals surface area contributed by atoms with Gasteiger partial charge in [0.25, 0.3) is 0 Å². The van der Waals surface area contributed by atoms with Crippen LogP contribution in [-0.2, 0) is 4.74 Å². The monoisotopic (exact) mass is 193 g/mol. The third kappa shape index (κ3) is 2.76. The van der Waals surface area contributed by atoms with Gasteiger partial charge in [-0.2, -0.15) is 0 Å². The van der Waals surface area contributed by atoms with E-state index in [4.69, 9.17) is 10.1 Å². The number of ether oxygens (including phenoxy) is 2. The van der Waals surface area contributed by atoms with Crippen LogP contribution in [0.25, 0.3) is 0 Å². The first-order valence-electron chi connectivity index (χ1n) is 4.45. The molecule has 3 heteroatoms. The molecule has 0 fully saturated rings. The van der Waals surface area contributed by atoms with E-state index in [0.29, 0.717) is 0 Å². The first kappa shape index (κ1) is 10.6. The standard InChI is InChI=1S/C11H15NO2/c1-8-4-5-10(6-9(8)2)14-7-11(12)13-3/h4-6,12H,7H2,1-3H3. The van der Waals surface area contributed by atoms with Crippen molar-refractivity contribution >= 4 is 5.90 Å². The molecule has 0 saturated carbocycles. The summed E-state index contributed by atoms with van der Waals surface area (Å²) < 4.78 is 10.0. The van der Waals surface area contributed by atoms with Crippen LogP contribution in [0.2, 0.25) is 0 Å². The summed E-state index contributed by atoms with van der Waals surface area (Å²) in [5.41, 5.74) is 2.42. The molecule has 0 amide bonds. The van der Waals surface area contributed by atoms with Gasteiger partial charge in [-0.15, -0.1) is 0 Å². The average molecular weight is 193 g/mol. The number of methoxy groups -OCH3 is 1. The quantitative estimate of drug-likeness (QED) is 0.591. The van der Waals surface area contributed by atoms with Gasteiger partial charge in [-0.05, 0) is 37.1 Å². The lowest BCUT2D eigenvalue weighted by molar-refractivity contribution is 0.309. The highest BCUT2D eigenvalue weighted by molar-refractivity contribution is 5.74. The Morgan fingerprint density at radius 3 is 2.57 bits per heavy atom. The molecular formula is C11H15NO2. The lowest BCUT2D eigenvalue weighted by Crippen LogP contribution is -2.11. The largest absolute Gasteiger partial charge is 0.484 e. The van der Waals surface area contributed by atoms with E-state index in [9.17, 15) is 0 Å². The van der Waals surface area contributed by atoms with Gasteiger partial charge >= 0.3 is 0 Å². The fourth-order valence-corrected chi connectivity index (χ4v) is 1.01. The average Bonchev–Trinajstić information content (AvgIpc) is 2.19. The first-order valence-corrected chi connectivity index (χ1v) is 4.45. The molecule has 1 aromatic carbocycles. The van der Waals surface area contributed by atoms with Crippen molar-refractivity contribution in [3.8, 4) is 5.75 Å². The summed E-state index contributed by atoms with van der Waals surface area (Å²) in [7, 11) is 1.46. The number of hydrogen-bond acceptors (Lipinski definition) is 3. The summed E-state index contributed by atoms with van der Waals surface area (Å²) in [6.07, 6.45) is 0. The van der Waals surface area contributed by atoms with Crippen molar-refractivity contribution in [3.05, 3.63) is 29.3 Å². The van der Waals surface area contributed by atoms with Crippen molar-refractivity contribution in [1.82, 2.24) is 0 Å². The fraction of sp³-hybridized carbons (Fsp3) is 0.364. The normalized spacial score (nSPS) is 9.64. The summed E-state index contributed by atoms with van der Waals surface area (Å²) >= 11 is 0. The Bertz CT molecular complexity index is 334. The second-order valence-electron chi connectivity index (χ2n) is 3.16. The summed E-state index contributed by atoms with van der Waals surface area (Å²) in [6.45, 7) is 4.26. The molecule has 0 spiro atoms. The Morgan fingerprint density at radius 1 is 1.29 bits per heavy atom. The van der Waals surface area contributed by atoms with Gasteiger partial charge in [0.15, 0.2) is 6.61 Å². The number of nitrogens with one attached hydrogen (secondary N) is 1. The van der Waals surface area contributed by atoms with E-state index >= 15 is 0 Å². The Kier molecular flexibility index (Phi) is 3.51. The first-order chi connectivity index (χ1) is 6.63. The minimum absolute atomic E-state index is 0.128. The summed E-state index contributed by atoms with van der Waals surface area (Å²) in [5.74, 6) is 0.901. The number of hydrogen-bond donors (Lipinski definition) is 1. The SMILES string of the molecule is COC(=N)COc1ccc(C)c(C)c1. The highest BCUT2D eigenvalue weighted by Crippen LogP contribution is 2.16. The van der Waals surface area contributed by atoms with E-state index in [1.807, 2.05) is 25.1 Å². The molecule has 0 aliphatic rings. The van der Waals surface area contributed by atoms with Crippen LogP contribution in [0.1, 0.15) is 11.1 Å². The second-order valence-corrected chi connectivity index (χ2v) is 3.16. The molecule has 0 saturated heterocycles. The Hall–Kier alpha value is -1.51. The van der Waals surface area contributed by atoms with Gasteiger partial charge in [0.2, 0.25) is 5.90 Å². The van der Waals surface area contributed by atoms with Crippen molar-refractivity contribution in [2.75, 3.05) is 13.7 Å². The van der Waals surface area contributed by atoms with Crippen LogP contribution in [0.5, 0.6) is 5.75 Å². The zero-order valence-corrected chi connectivity index (χ0v) is 8.76. The van der Waals surface area contributed by atoms with Crippen LogP contribution in [-0.4, -0.2) is 19.6 Å². The predicted octanol–water partition coefficient (Wildman–Crippen LogP) is 2.31. The molecule has 76 valence electrons. The van der Waals surface area contributed by atoms with Crippen LogP contribution in [0.3, 0.4) is 0 Å². The molecule has 0 bridgehead atoms. The second kappa shape index (κ2) is 4.65. The Balaban J connectivity index is 2.60. The number of aryl methyl sites for hydroxylation is 2. The number of benzene rings is 1. The third-order valence-corrected chi connectivity index (χ3v) is 2.09. The highest BCUT2D eigenvalue weighted by Gasteiger charge is 1.99. The van der Waals surface area contributed by atoms with Crippen molar-refractivity contribution in [2.24, 2.45) is 0 Å². The van der Waals surface area contributed by atoms with Gasteiger partial charge in [0.05, 0.1) is 7.11 Å². The van der Waals surface area contributed by atoms with Gasteiger partial charge in [-0.3, -0.25) is 5.41 Å². The van der Waals surface area contributed by atoms with Crippen molar-refractivity contribution in [2.45, 2.75) is 13.8 Å². The maximum absolute atomic E-state index is 7.24. The molecule has 0 atom stereocenters. The van der Waals surface area contributed by atoms with E-state index in [2.05, 4.69) is 11.7 Å². The van der Waals surface area contributed by atoms with Crippen molar-refractivity contribution in [1.29, 1.82) is 5.41 Å². The molecule has 3 nitrogen and oxygen atoms in total. The van der Waals surface area contributed by atoms with E-state index in [0.717, 1.165) is 5.75 Å². The smallest absolute Gasteiger partial charge is 0.219 e. The van der Waals surface area contributed by atoms with Crippen molar-refractivity contribution < 1.29 is 9.47 Å². The van der Waals surface area contributed by atoms with E-state index in [-0.39, 0.29) is 12.5 Å². The van der Waals surface area contributed by atoms with Crippen molar-refractivity contribution in [3.63, 3.8) is 0 Å². The van der Waals surface area contributed by atoms with Crippen LogP contribution in [0, 0.1) is 19.3 Å². The summed E-state index contributed by atoms with van der Waals surface area (Å²) in [5, 5.41) is 7.24. The van der Waals surface area contributed by atoms with E-state index in [1.165, 1.54) is 18.2 Å². The maximum atomic E-state index is 7.24. The Labute approximate surface area is 84.2 Å². The molecule has 1 aromatic rings. The van der Waals surface area contributed by atoms with Crippen LogP contribution < -0.4 is 4.74 Å². The molecule has 1 rings (SSSR count). The predicted molar refractivity (Wildman–Crippen MR) is 56.1 cm³/mol. The van der Waals surface area contributed by atoms with Crippen LogP contribution in [0.15, 0.2) is 18.2 Å².